The summed E-state index contributed by atoms with van der Waals surface area (Å²) in [5.41, 5.74) is 1.75. The van der Waals surface area contributed by atoms with Gasteiger partial charge in [-0.2, -0.15) is 0 Å². The van der Waals surface area contributed by atoms with Crippen molar-refractivity contribution in [1.29, 1.82) is 0 Å². The van der Waals surface area contributed by atoms with E-state index < -0.39 is 0 Å². The van der Waals surface area contributed by atoms with Crippen molar-refractivity contribution in [3.8, 4) is 0 Å². The molecule has 0 aliphatic carbocycles. The van der Waals surface area contributed by atoms with Gasteiger partial charge in [0, 0.05) is 18.7 Å². The summed E-state index contributed by atoms with van der Waals surface area (Å²) >= 11 is 0. The van der Waals surface area contributed by atoms with Crippen molar-refractivity contribution >= 4 is 0 Å². The molecule has 114 valence electrons. The maximum Gasteiger partial charge on any atom is 0.128 e. The van der Waals surface area contributed by atoms with Gasteiger partial charge in [-0.1, -0.05) is 45.1 Å². The monoisotopic (exact) mass is 281 g/mol. The molecule has 0 spiro atoms. The highest BCUT2D eigenvalue weighted by molar-refractivity contribution is 5.24. The molecule has 2 nitrogen and oxygen atoms in total. The smallest absolute Gasteiger partial charge is 0.128 e. The molecule has 0 atom stereocenters. The van der Waals surface area contributed by atoms with Gasteiger partial charge in [-0.15, -0.1) is 0 Å². The summed E-state index contributed by atoms with van der Waals surface area (Å²) in [5, 5.41) is 3.07. The molecule has 0 radical (unpaired) electrons. The second kappa shape index (κ2) is 10.8. The quantitative estimate of drug-likeness (QED) is 0.606. The van der Waals surface area contributed by atoms with E-state index in [0.717, 1.165) is 25.1 Å². The van der Waals surface area contributed by atoms with Gasteiger partial charge in [0.2, 0.25) is 0 Å². The van der Waals surface area contributed by atoms with E-state index in [1.165, 1.54) is 38.2 Å². The highest BCUT2D eigenvalue weighted by Gasteiger charge is 2.03. The van der Waals surface area contributed by atoms with Crippen molar-refractivity contribution in [2.75, 3.05) is 13.7 Å². The Labute approximate surface area is 122 Å². The molecule has 1 N–H and O–H groups in total. The van der Waals surface area contributed by atoms with Crippen molar-refractivity contribution in [2.24, 2.45) is 0 Å². The average molecular weight is 281 g/mol. The molecule has 1 aromatic carbocycles. The van der Waals surface area contributed by atoms with Crippen molar-refractivity contribution in [3.05, 3.63) is 35.1 Å². The third-order valence-electron chi connectivity index (χ3n) is 3.39. The Hall–Kier alpha value is -0.930. The maximum absolute atomic E-state index is 13.6. The Kier molecular flexibility index (Phi) is 9.25. The first kappa shape index (κ1) is 17.1. The molecule has 0 heterocycles. The average Bonchev–Trinajstić information content (AvgIpc) is 2.45. The van der Waals surface area contributed by atoms with E-state index in [1.54, 1.807) is 0 Å². The Morgan fingerprint density at radius 3 is 2.60 bits per heavy atom. The third-order valence-corrected chi connectivity index (χ3v) is 3.39. The molecule has 0 aromatic heterocycles. The minimum atomic E-state index is -0.173. The first-order valence-electron chi connectivity index (χ1n) is 7.77. The second-order valence-electron chi connectivity index (χ2n) is 5.28. The summed E-state index contributed by atoms with van der Waals surface area (Å²) in [4.78, 5) is 0. The highest BCUT2D eigenvalue weighted by Crippen LogP contribution is 2.12. The third kappa shape index (κ3) is 7.01. The van der Waals surface area contributed by atoms with Gasteiger partial charge in [0.05, 0.1) is 6.61 Å². The summed E-state index contributed by atoms with van der Waals surface area (Å²) in [6.07, 6.45) is 7.48. The topological polar surface area (TPSA) is 21.3 Å². The number of ether oxygens (including phenoxy) is 1. The number of hydrogen-bond donors (Lipinski definition) is 1. The molecule has 0 amide bonds. The fourth-order valence-corrected chi connectivity index (χ4v) is 2.22. The van der Waals surface area contributed by atoms with E-state index in [0.29, 0.717) is 12.2 Å². The summed E-state index contributed by atoms with van der Waals surface area (Å²) in [5.74, 6) is -0.173. The van der Waals surface area contributed by atoms with Gasteiger partial charge in [-0.3, -0.25) is 0 Å². The molecular formula is C17H28FNO. The molecule has 0 aliphatic rings. The molecule has 1 rings (SSSR count). The van der Waals surface area contributed by atoms with Crippen LogP contribution >= 0.6 is 0 Å². The number of rotatable bonds is 11. The molecule has 1 aromatic rings. The predicted molar refractivity (Wildman–Crippen MR) is 82.2 cm³/mol. The van der Waals surface area contributed by atoms with Crippen molar-refractivity contribution < 1.29 is 9.13 Å². The lowest BCUT2D eigenvalue weighted by Gasteiger charge is -2.08. The van der Waals surface area contributed by atoms with Crippen LogP contribution in [0, 0.1) is 5.82 Å². The maximum atomic E-state index is 13.6. The lowest BCUT2D eigenvalue weighted by Crippen LogP contribution is -2.06. The Balaban J connectivity index is 2.19. The van der Waals surface area contributed by atoms with E-state index in [4.69, 9.17) is 4.74 Å². The van der Waals surface area contributed by atoms with E-state index >= 15 is 0 Å². The van der Waals surface area contributed by atoms with E-state index in [2.05, 4.69) is 12.2 Å². The zero-order valence-corrected chi connectivity index (χ0v) is 12.9. The van der Waals surface area contributed by atoms with Gasteiger partial charge in [-0.25, -0.2) is 4.39 Å². The summed E-state index contributed by atoms with van der Waals surface area (Å²) < 4.78 is 19.2. The molecule has 0 unspecified atom stereocenters. The van der Waals surface area contributed by atoms with Crippen LogP contribution in [0.3, 0.4) is 0 Å². The molecule has 0 aliphatic heterocycles. The fourth-order valence-electron chi connectivity index (χ4n) is 2.22. The molecular weight excluding hydrogens is 253 g/mol. The van der Waals surface area contributed by atoms with Gasteiger partial charge in [0.15, 0.2) is 0 Å². The zero-order chi connectivity index (χ0) is 14.6. The van der Waals surface area contributed by atoms with Gasteiger partial charge in [0.1, 0.15) is 5.82 Å². The lowest BCUT2D eigenvalue weighted by molar-refractivity contribution is 0.114. The summed E-state index contributed by atoms with van der Waals surface area (Å²) in [6, 6.07) is 5.21. The Morgan fingerprint density at radius 2 is 1.85 bits per heavy atom. The van der Waals surface area contributed by atoms with E-state index in [1.807, 2.05) is 19.2 Å². The van der Waals surface area contributed by atoms with Gasteiger partial charge in [-0.05, 0) is 31.2 Å². The predicted octanol–water partition coefficient (Wildman–Crippen LogP) is 4.42. The van der Waals surface area contributed by atoms with Crippen LogP contribution in [0.25, 0.3) is 0 Å². The van der Waals surface area contributed by atoms with Gasteiger partial charge >= 0.3 is 0 Å². The van der Waals surface area contributed by atoms with Crippen LogP contribution in [0.4, 0.5) is 4.39 Å². The first-order valence-corrected chi connectivity index (χ1v) is 7.77. The second-order valence-corrected chi connectivity index (χ2v) is 5.28. The minimum Gasteiger partial charge on any atom is -0.377 e. The van der Waals surface area contributed by atoms with E-state index in [-0.39, 0.29) is 5.82 Å². The van der Waals surface area contributed by atoms with Crippen LogP contribution in [-0.2, 0) is 17.9 Å². The van der Waals surface area contributed by atoms with Gasteiger partial charge in [0.25, 0.3) is 0 Å². The molecule has 20 heavy (non-hydrogen) atoms. The number of unbranched alkanes of at least 4 members (excludes halogenated alkanes) is 5. The molecule has 0 saturated heterocycles. The SMILES string of the molecule is CCCCCCCCOCc1cc(CNC)ccc1F. The first-order chi connectivity index (χ1) is 9.77. The van der Waals surface area contributed by atoms with Crippen LogP contribution < -0.4 is 5.32 Å². The number of nitrogens with one attached hydrogen (secondary N) is 1. The summed E-state index contributed by atoms with van der Waals surface area (Å²) in [6.45, 7) is 4.07. The summed E-state index contributed by atoms with van der Waals surface area (Å²) in [7, 11) is 1.89. The number of halogens is 1. The Bertz CT molecular complexity index is 368. The molecule has 0 fully saturated rings. The van der Waals surface area contributed by atoms with Crippen LogP contribution in [0.5, 0.6) is 0 Å². The van der Waals surface area contributed by atoms with Crippen molar-refractivity contribution in [1.82, 2.24) is 5.32 Å². The normalized spacial score (nSPS) is 10.9. The molecule has 3 heteroatoms. The van der Waals surface area contributed by atoms with E-state index in [9.17, 15) is 4.39 Å². The molecule has 0 bridgehead atoms. The Morgan fingerprint density at radius 1 is 1.10 bits per heavy atom. The van der Waals surface area contributed by atoms with Crippen LogP contribution in [0.2, 0.25) is 0 Å². The van der Waals surface area contributed by atoms with Crippen LogP contribution in [0.1, 0.15) is 56.6 Å². The highest BCUT2D eigenvalue weighted by atomic mass is 19.1. The standard InChI is InChI=1S/C17H28FNO/c1-3-4-5-6-7-8-11-20-14-16-12-15(13-19-2)9-10-17(16)18/h9-10,12,19H,3-8,11,13-14H2,1-2H3. The van der Waals surface area contributed by atoms with Crippen LogP contribution in [-0.4, -0.2) is 13.7 Å². The minimum absolute atomic E-state index is 0.173. The lowest BCUT2D eigenvalue weighted by atomic mass is 10.1. The fraction of sp³-hybridized carbons (Fsp3) is 0.647. The largest absolute Gasteiger partial charge is 0.377 e. The van der Waals surface area contributed by atoms with Crippen molar-refractivity contribution in [2.45, 2.75) is 58.6 Å². The van der Waals surface area contributed by atoms with Crippen LogP contribution in [0.15, 0.2) is 18.2 Å². The van der Waals surface area contributed by atoms with Crippen molar-refractivity contribution in [3.63, 3.8) is 0 Å². The van der Waals surface area contributed by atoms with Gasteiger partial charge < -0.3 is 10.1 Å². The molecule has 0 saturated carbocycles. The number of hydrogen-bond acceptors (Lipinski definition) is 2. The zero-order valence-electron chi connectivity index (χ0n) is 12.9. The number of benzene rings is 1.